The first-order valence-corrected chi connectivity index (χ1v) is 12.1. The number of hydrogen-bond acceptors (Lipinski definition) is 7. The third kappa shape index (κ3) is 5.20. The van der Waals surface area contributed by atoms with Crippen molar-refractivity contribution in [2.45, 2.75) is 59.3 Å². The van der Waals surface area contributed by atoms with Crippen LogP contribution in [0, 0.1) is 11.3 Å². The molecule has 1 aromatic heterocycles. The van der Waals surface area contributed by atoms with Gasteiger partial charge in [-0.2, -0.15) is 5.26 Å². The molecule has 8 heteroatoms. The molecule has 176 valence electrons. The minimum absolute atomic E-state index is 0.0124. The van der Waals surface area contributed by atoms with Crippen molar-refractivity contribution in [2.24, 2.45) is 0 Å². The van der Waals surface area contributed by atoms with Crippen LogP contribution in [-0.4, -0.2) is 39.4 Å². The summed E-state index contributed by atoms with van der Waals surface area (Å²) >= 11 is 1.49. The highest BCUT2D eigenvalue weighted by Gasteiger charge is 2.27. The third-order valence-corrected chi connectivity index (χ3v) is 6.29. The first-order chi connectivity index (χ1) is 16.1. The lowest BCUT2D eigenvalue weighted by molar-refractivity contribution is 0.0224. The first kappa shape index (κ1) is 23.7. The normalized spacial score (nSPS) is 13.4. The summed E-state index contributed by atoms with van der Waals surface area (Å²) < 4.78 is 11.3. The summed E-state index contributed by atoms with van der Waals surface area (Å²) in [7, 11) is 0. The van der Waals surface area contributed by atoms with Crippen LogP contribution in [0.15, 0.2) is 36.4 Å². The average Bonchev–Trinajstić information content (AvgIpc) is 3.27. The van der Waals surface area contributed by atoms with Crippen LogP contribution in [0.1, 0.15) is 51.3 Å². The van der Waals surface area contributed by atoms with E-state index in [2.05, 4.69) is 16.3 Å². The Morgan fingerprint density at radius 2 is 1.94 bits per heavy atom. The molecule has 1 aliphatic rings. The van der Waals surface area contributed by atoms with Crippen LogP contribution in [-0.2, 0) is 17.7 Å². The molecule has 2 heterocycles. The molecule has 7 nitrogen and oxygen atoms in total. The Balaban J connectivity index is 1.58. The van der Waals surface area contributed by atoms with Crippen LogP contribution in [0.25, 0.3) is 21.1 Å². The fraction of sp³-hybridized carbons (Fsp3) is 0.385. The minimum atomic E-state index is -0.521. The van der Waals surface area contributed by atoms with Crippen LogP contribution in [0.3, 0.4) is 0 Å². The van der Waals surface area contributed by atoms with Crippen molar-refractivity contribution in [1.29, 1.82) is 5.26 Å². The van der Waals surface area contributed by atoms with Crippen LogP contribution < -0.4 is 4.74 Å². The second-order valence-electron chi connectivity index (χ2n) is 9.50. The van der Waals surface area contributed by atoms with Gasteiger partial charge in [0, 0.05) is 24.2 Å². The van der Waals surface area contributed by atoms with E-state index in [-0.39, 0.29) is 12.2 Å². The lowest BCUT2D eigenvalue weighted by atomic mass is 9.95. The summed E-state index contributed by atoms with van der Waals surface area (Å²) in [6.45, 7) is 10.6. The molecule has 0 N–H and O–H groups in total. The zero-order valence-electron chi connectivity index (χ0n) is 20.1. The maximum Gasteiger partial charge on any atom is 0.410 e. The highest BCUT2D eigenvalue weighted by molar-refractivity contribution is 7.17. The fourth-order valence-electron chi connectivity index (χ4n) is 3.85. The molecular formula is C26H28N4O3S. The number of benzene rings is 2. The Bertz CT molecular complexity index is 1250. The quantitative estimate of drug-likeness (QED) is 0.471. The molecule has 0 saturated carbocycles. The van der Waals surface area contributed by atoms with E-state index in [0.29, 0.717) is 24.4 Å². The van der Waals surface area contributed by atoms with Gasteiger partial charge < -0.3 is 14.4 Å². The van der Waals surface area contributed by atoms with Crippen molar-refractivity contribution >= 4 is 17.4 Å². The van der Waals surface area contributed by atoms with Gasteiger partial charge in [-0.25, -0.2) is 4.79 Å². The summed E-state index contributed by atoms with van der Waals surface area (Å²) in [5.74, 6) is 0.567. The SMILES string of the molecule is CC(C)Oc1ccc(-c2nnc(-c3cccc4c3CCN(C(=O)OC(C)(C)C)C4)s2)cc1C#N. The molecule has 4 rings (SSSR count). The topological polar surface area (TPSA) is 88.3 Å². The molecule has 0 unspecified atom stereocenters. The van der Waals surface area contributed by atoms with E-state index < -0.39 is 5.60 Å². The van der Waals surface area contributed by atoms with E-state index in [1.54, 1.807) is 11.0 Å². The highest BCUT2D eigenvalue weighted by Crippen LogP contribution is 2.36. The Kier molecular flexibility index (Phi) is 6.58. The van der Waals surface area contributed by atoms with Gasteiger partial charge in [-0.3, -0.25) is 0 Å². The molecule has 1 aliphatic heterocycles. The zero-order valence-corrected chi connectivity index (χ0v) is 20.9. The van der Waals surface area contributed by atoms with Crippen molar-refractivity contribution in [1.82, 2.24) is 15.1 Å². The summed E-state index contributed by atoms with van der Waals surface area (Å²) in [6, 6.07) is 13.8. The molecule has 3 aromatic rings. The van der Waals surface area contributed by atoms with E-state index in [0.717, 1.165) is 33.1 Å². The van der Waals surface area contributed by atoms with Crippen molar-refractivity contribution in [3.05, 3.63) is 53.1 Å². The van der Waals surface area contributed by atoms with Crippen molar-refractivity contribution in [3.63, 3.8) is 0 Å². The molecule has 1 amide bonds. The maximum absolute atomic E-state index is 12.5. The monoisotopic (exact) mass is 476 g/mol. The van der Waals surface area contributed by atoms with Crippen LogP contribution in [0.2, 0.25) is 0 Å². The molecule has 34 heavy (non-hydrogen) atoms. The standard InChI is InChI=1S/C26H28N4O3S/c1-16(2)32-22-10-9-17(13-19(22)14-27)23-28-29-24(34-23)21-8-6-7-18-15-30(12-11-20(18)21)25(31)33-26(3,4)5/h6-10,13,16H,11-12,15H2,1-5H3. The molecule has 0 fully saturated rings. The smallest absolute Gasteiger partial charge is 0.410 e. The number of hydrogen-bond donors (Lipinski definition) is 0. The average molecular weight is 477 g/mol. The largest absolute Gasteiger partial charge is 0.490 e. The molecule has 2 aromatic carbocycles. The maximum atomic E-state index is 12.5. The number of ether oxygens (including phenoxy) is 2. The van der Waals surface area contributed by atoms with Gasteiger partial charge in [0.1, 0.15) is 27.4 Å². The number of fused-ring (bicyclic) bond motifs is 1. The van der Waals surface area contributed by atoms with Gasteiger partial charge in [-0.1, -0.05) is 29.5 Å². The van der Waals surface area contributed by atoms with Gasteiger partial charge in [0.15, 0.2) is 0 Å². The van der Waals surface area contributed by atoms with Gasteiger partial charge >= 0.3 is 6.09 Å². The van der Waals surface area contributed by atoms with E-state index in [4.69, 9.17) is 9.47 Å². The summed E-state index contributed by atoms with van der Waals surface area (Å²) in [5.41, 5.74) is 4.09. The Morgan fingerprint density at radius 3 is 2.65 bits per heavy atom. The van der Waals surface area contributed by atoms with Crippen LogP contribution >= 0.6 is 11.3 Å². The van der Waals surface area contributed by atoms with Crippen molar-refractivity contribution in [2.75, 3.05) is 6.54 Å². The number of carbonyl (C=O) groups is 1. The molecule has 0 bridgehead atoms. The summed E-state index contributed by atoms with van der Waals surface area (Å²) in [5, 5.41) is 19.9. The Labute approximate surface area is 204 Å². The van der Waals surface area contributed by atoms with E-state index in [1.807, 2.05) is 65.0 Å². The predicted octanol–water partition coefficient (Wildman–Crippen LogP) is 5.82. The summed E-state index contributed by atoms with van der Waals surface area (Å²) in [4.78, 5) is 14.3. The van der Waals surface area contributed by atoms with E-state index in [1.165, 1.54) is 16.9 Å². The number of rotatable bonds is 4. The van der Waals surface area contributed by atoms with Gasteiger partial charge in [0.25, 0.3) is 0 Å². The van der Waals surface area contributed by atoms with Crippen LogP contribution in [0.5, 0.6) is 5.75 Å². The second kappa shape index (κ2) is 9.43. The molecule has 0 aliphatic carbocycles. The van der Waals surface area contributed by atoms with Gasteiger partial charge in [-0.15, -0.1) is 10.2 Å². The van der Waals surface area contributed by atoms with Gasteiger partial charge in [0.05, 0.1) is 11.7 Å². The molecule has 0 saturated heterocycles. The molecule has 0 radical (unpaired) electrons. The number of nitrogens with zero attached hydrogens (tertiary/aromatic N) is 4. The fourth-order valence-corrected chi connectivity index (χ4v) is 4.74. The minimum Gasteiger partial charge on any atom is -0.490 e. The Hall–Kier alpha value is -3.44. The third-order valence-electron chi connectivity index (χ3n) is 5.28. The Morgan fingerprint density at radius 1 is 1.18 bits per heavy atom. The molecule has 0 spiro atoms. The number of nitriles is 1. The second-order valence-corrected chi connectivity index (χ2v) is 10.5. The highest BCUT2D eigenvalue weighted by atomic mass is 32.1. The lowest BCUT2D eigenvalue weighted by Crippen LogP contribution is -2.40. The molecular weight excluding hydrogens is 448 g/mol. The van der Waals surface area contributed by atoms with Crippen molar-refractivity contribution in [3.8, 4) is 33.0 Å². The van der Waals surface area contributed by atoms with Crippen molar-refractivity contribution < 1.29 is 14.3 Å². The lowest BCUT2D eigenvalue weighted by Gasteiger charge is -2.31. The number of amides is 1. The predicted molar refractivity (Wildman–Crippen MR) is 132 cm³/mol. The summed E-state index contributed by atoms with van der Waals surface area (Å²) in [6.07, 6.45) is 0.418. The number of carbonyl (C=O) groups excluding carboxylic acids is 1. The van der Waals surface area contributed by atoms with E-state index in [9.17, 15) is 10.1 Å². The zero-order chi connectivity index (χ0) is 24.5. The van der Waals surface area contributed by atoms with E-state index >= 15 is 0 Å². The van der Waals surface area contributed by atoms with Crippen LogP contribution in [0.4, 0.5) is 4.79 Å². The number of aromatic nitrogens is 2. The van der Waals surface area contributed by atoms with Gasteiger partial charge in [-0.05, 0) is 70.4 Å². The first-order valence-electron chi connectivity index (χ1n) is 11.3. The molecule has 0 atom stereocenters. The van der Waals surface area contributed by atoms with Gasteiger partial charge in [0.2, 0.25) is 0 Å².